The third-order valence-corrected chi connectivity index (χ3v) is 8.09. The summed E-state index contributed by atoms with van der Waals surface area (Å²) in [5.74, 6) is -5.48. The Labute approximate surface area is 207 Å². The van der Waals surface area contributed by atoms with E-state index in [2.05, 4.69) is 20.3 Å². The van der Waals surface area contributed by atoms with Crippen LogP contribution in [0.1, 0.15) is 38.2 Å². The molecule has 3 atom stereocenters. The summed E-state index contributed by atoms with van der Waals surface area (Å²) in [7, 11) is 0. The molecule has 3 aliphatic rings. The van der Waals surface area contributed by atoms with Gasteiger partial charge in [0.15, 0.2) is 11.6 Å². The molecule has 0 saturated heterocycles. The standard InChI is InChI=1S/C23H26F5N5O2S/c1-10(36-9-23(26,27)28)17(25)21(32-18-12-4-2-11(3-5-12)16(18)22(34)35)33-19(29)15-8-31-20-14(15)6-13(24)7-30-20/h6-8,10-12,16,18,32H,2-5,9H2,1H3,(H2,29,33)(H,30,31)(H,34,35)/b21-17+. The van der Waals surface area contributed by atoms with Crippen molar-refractivity contribution < 1.29 is 31.9 Å². The third kappa shape index (κ3) is 5.60. The van der Waals surface area contributed by atoms with Crippen molar-refractivity contribution in [3.63, 3.8) is 0 Å². The average molecular weight is 532 g/mol. The number of aliphatic carboxylic acids is 1. The number of pyridine rings is 1. The Hall–Kier alpha value is -2.83. The molecule has 3 unspecified atom stereocenters. The molecule has 2 aromatic rings. The fourth-order valence-corrected chi connectivity index (χ4v) is 5.88. The van der Waals surface area contributed by atoms with Gasteiger partial charge in [-0.1, -0.05) is 0 Å². The number of H-pyrrole nitrogens is 1. The number of aromatic nitrogens is 2. The van der Waals surface area contributed by atoms with Gasteiger partial charge in [-0.25, -0.2) is 18.8 Å². The monoisotopic (exact) mass is 531 g/mol. The van der Waals surface area contributed by atoms with Gasteiger partial charge >= 0.3 is 12.1 Å². The summed E-state index contributed by atoms with van der Waals surface area (Å²) >= 11 is 0.343. The minimum absolute atomic E-state index is 0.0557. The number of halogens is 5. The number of amidine groups is 1. The lowest BCUT2D eigenvalue weighted by molar-refractivity contribution is -0.149. The van der Waals surface area contributed by atoms with E-state index >= 15 is 4.39 Å². The number of rotatable bonds is 8. The number of alkyl halides is 3. The van der Waals surface area contributed by atoms with Crippen molar-refractivity contribution >= 4 is 34.6 Å². The van der Waals surface area contributed by atoms with Gasteiger partial charge in [-0.3, -0.25) is 4.79 Å². The molecule has 0 aliphatic heterocycles. The third-order valence-electron chi connectivity index (χ3n) is 6.89. The Bertz CT molecular complexity index is 1190. The molecule has 196 valence electrons. The van der Waals surface area contributed by atoms with Crippen LogP contribution in [0.3, 0.4) is 0 Å². The summed E-state index contributed by atoms with van der Waals surface area (Å²) < 4.78 is 67.6. The molecule has 7 nitrogen and oxygen atoms in total. The molecule has 0 amide bonds. The number of aliphatic imine (C=N–C) groups is 1. The zero-order valence-corrected chi connectivity index (χ0v) is 20.1. The molecular formula is C23H26F5N5O2S. The predicted octanol–water partition coefficient (Wildman–Crippen LogP) is 4.71. The molecule has 2 aromatic heterocycles. The highest BCUT2D eigenvalue weighted by molar-refractivity contribution is 8.00. The molecule has 0 aromatic carbocycles. The number of carbonyl (C=O) groups is 1. The molecule has 2 heterocycles. The lowest BCUT2D eigenvalue weighted by atomic mass is 9.61. The minimum atomic E-state index is -4.49. The van der Waals surface area contributed by atoms with Crippen LogP contribution in [0.15, 0.2) is 35.1 Å². The Morgan fingerprint density at radius 1 is 1.33 bits per heavy atom. The van der Waals surface area contributed by atoms with Gasteiger partial charge < -0.3 is 21.1 Å². The zero-order chi connectivity index (χ0) is 26.2. The van der Waals surface area contributed by atoms with E-state index in [1.54, 1.807) is 0 Å². The molecule has 0 radical (unpaired) electrons. The van der Waals surface area contributed by atoms with Crippen molar-refractivity contribution in [3.05, 3.63) is 41.5 Å². The van der Waals surface area contributed by atoms with Gasteiger partial charge in [0.05, 0.1) is 23.1 Å². The van der Waals surface area contributed by atoms with Gasteiger partial charge in [-0.15, -0.1) is 11.8 Å². The Balaban J connectivity index is 1.72. The molecular weight excluding hydrogens is 505 g/mol. The largest absolute Gasteiger partial charge is 0.481 e. The highest BCUT2D eigenvalue weighted by atomic mass is 32.2. The fourth-order valence-electron chi connectivity index (χ4n) is 5.18. The summed E-state index contributed by atoms with van der Waals surface area (Å²) in [4.78, 5) is 22.9. The molecule has 3 aliphatic carbocycles. The van der Waals surface area contributed by atoms with Crippen molar-refractivity contribution in [1.29, 1.82) is 0 Å². The number of nitrogens with zero attached hydrogens (tertiary/aromatic N) is 2. The maximum absolute atomic E-state index is 15.6. The maximum atomic E-state index is 15.6. The lowest BCUT2D eigenvalue weighted by Gasteiger charge is -2.47. The summed E-state index contributed by atoms with van der Waals surface area (Å²) in [5.41, 5.74) is 6.68. The molecule has 3 fully saturated rings. The minimum Gasteiger partial charge on any atom is -0.481 e. The second-order valence-corrected chi connectivity index (χ2v) is 10.6. The molecule has 36 heavy (non-hydrogen) atoms. The van der Waals surface area contributed by atoms with Crippen molar-refractivity contribution in [3.8, 4) is 0 Å². The van der Waals surface area contributed by atoms with Crippen LogP contribution in [-0.4, -0.2) is 50.1 Å². The Kier molecular flexibility index (Phi) is 7.48. The summed E-state index contributed by atoms with van der Waals surface area (Å²) in [5, 5.41) is 11.8. The van der Waals surface area contributed by atoms with Crippen LogP contribution in [0, 0.1) is 23.6 Å². The van der Waals surface area contributed by atoms with Crippen molar-refractivity contribution in [1.82, 2.24) is 15.3 Å². The van der Waals surface area contributed by atoms with Crippen molar-refractivity contribution in [2.45, 2.75) is 50.1 Å². The van der Waals surface area contributed by atoms with Crippen molar-refractivity contribution in [2.24, 2.45) is 28.5 Å². The highest BCUT2D eigenvalue weighted by Crippen LogP contribution is 2.46. The van der Waals surface area contributed by atoms with E-state index in [-0.39, 0.29) is 28.6 Å². The predicted molar refractivity (Wildman–Crippen MR) is 126 cm³/mol. The van der Waals surface area contributed by atoms with Gasteiger partial charge in [-0.05, 0) is 50.5 Å². The summed E-state index contributed by atoms with van der Waals surface area (Å²) in [6.07, 6.45) is 0.935. The molecule has 2 bridgehead atoms. The van der Waals surface area contributed by atoms with Crippen LogP contribution < -0.4 is 11.1 Å². The first-order valence-electron chi connectivity index (χ1n) is 11.5. The van der Waals surface area contributed by atoms with E-state index in [9.17, 15) is 27.5 Å². The van der Waals surface area contributed by atoms with Crippen LogP contribution >= 0.6 is 11.8 Å². The highest BCUT2D eigenvalue weighted by Gasteiger charge is 2.47. The van der Waals surface area contributed by atoms with Gasteiger partial charge in [-0.2, -0.15) is 13.2 Å². The van der Waals surface area contributed by atoms with Crippen LogP contribution in [-0.2, 0) is 4.79 Å². The van der Waals surface area contributed by atoms with Gasteiger partial charge in [0.2, 0.25) is 0 Å². The van der Waals surface area contributed by atoms with Crippen LogP contribution in [0.4, 0.5) is 22.0 Å². The molecule has 3 saturated carbocycles. The zero-order valence-electron chi connectivity index (χ0n) is 19.3. The molecule has 5 N–H and O–H groups in total. The van der Waals surface area contributed by atoms with Crippen molar-refractivity contribution in [2.75, 3.05) is 5.75 Å². The first-order chi connectivity index (χ1) is 16.9. The fraction of sp³-hybridized carbons (Fsp3) is 0.522. The number of carboxylic acids is 1. The first-order valence-corrected chi connectivity index (χ1v) is 12.5. The normalized spacial score (nSPS) is 26.1. The Morgan fingerprint density at radius 2 is 2.00 bits per heavy atom. The number of hydrogen-bond donors (Lipinski definition) is 4. The van der Waals surface area contributed by atoms with E-state index in [4.69, 9.17) is 5.73 Å². The van der Waals surface area contributed by atoms with Crippen LogP contribution in [0.5, 0.6) is 0 Å². The van der Waals surface area contributed by atoms with E-state index in [0.717, 1.165) is 31.9 Å². The second kappa shape index (κ2) is 10.3. The summed E-state index contributed by atoms with van der Waals surface area (Å²) in [6.45, 7) is 1.27. The van der Waals surface area contributed by atoms with Gasteiger partial charge in [0, 0.05) is 23.2 Å². The van der Waals surface area contributed by atoms with E-state index in [0.29, 0.717) is 17.4 Å². The SMILES string of the molecule is CC(SCC(F)(F)F)/C(F)=C(\N=C(/N)c1c[nH]c2ncc(F)cc12)NC1C2CCC(CC2)C1C(=O)O. The maximum Gasteiger partial charge on any atom is 0.397 e. The molecule has 0 spiro atoms. The number of fused-ring (bicyclic) bond motifs is 4. The first kappa shape index (κ1) is 26.2. The summed E-state index contributed by atoms with van der Waals surface area (Å²) in [6, 6.07) is 0.515. The molecule has 13 heteroatoms. The number of hydrogen-bond acceptors (Lipinski definition) is 5. The smallest absolute Gasteiger partial charge is 0.397 e. The van der Waals surface area contributed by atoms with E-state index in [1.165, 1.54) is 19.2 Å². The Morgan fingerprint density at radius 3 is 2.64 bits per heavy atom. The molecule has 5 rings (SSSR count). The number of carboxylic acid groups (broad SMARTS) is 1. The van der Waals surface area contributed by atoms with Crippen LogP contribution in [0.2, 0.25) is 0 Å². The number of aromatic amines is 1. The number of nitrogens with one attached hydrogen (secondary N) is 2. The van der Waals surface area contributed by atoms with E-state index < -0.39 is 52.6 Å². The van der Waals surface area contributed by atoms with Gasteiger partial charge in [0.25, 0.3) is 0 Å². The van der Waals surface area contributed by atoms with Gasteiger partial charge in [0.1, 0.15) is 17.3 Å². The average Bonchev–Trinajstić information content (AvgIpc) is 3.24. The quantitative estimate of drug-likeness (QED) is 0.223. The number of nitrogens with two attached hydrogens (primary N) is 1. The van der Waals surface area contributed by atoms with Crippen LogP contribution in [0.25, 0.3) is 11.0 Å². The lowest BCUT2D eigenvalue weighted by Crippen LogP contribution is -2.54. The second-order valence-electron chi connectivity index (χ2n) is 9.22. The van der Waals surface area contributed by atoms with E-state index in [1.807, 2.05) is 0 Å². The topological polar surface area (TPSA) is 116 Å². The number of thioether (sulfide) groups is 1.